The van der Waals surface area contributed by atoms with Crippen molar-refractivity contribution in [3.05, 3.63) is 59.7 Å². The van der Waals surface area contributed by atoms with E-state index in [0.29, 0.717) is 46.0 Å². The highest BCUT2D eigenvalue weighted by molar-refractivity contribution is 5.79. The molecule has 0 aromatic heterocycles. The summed E-state index contributed by atoms with van der Waals surface area (Å²) >= 11 is 0. The SMILES string of the molecule is O=C(O)COCCOCCOCCCNC(=O)OCC1c2ccccc2-c2ccccc21. The van der Waals surface area contributed by atoms with Crippen LogP contribution in [-0.2, 0) is 23.7 Å². The van der Waals surface area contributed by atoms with Crippen LogP contribution < -0.4 is 5.32 Å². The first kappa shape index (κ1) is 23.7. The van der Waals surface area contributed by atoms with E-state index < -0.39 is 12.1 Å². The molecule has 0 aliphatic heterocycles. The van der Waals surface area contributed by atoms with Gasteiger partial charge in [0.2, 0.25) is 0 Å². The van der Waals surface area contributed by atoms with Gasteiger partial charge in [0.1, 0.15) is 13.2 Å². The molecule has 3 rings (SSSR count). The van der Waals surface area contributed by atoms with Gasteiger partial charge in [0.05, 0.1) is 26.4 Å². The number of carboxylic acid groups (broad SMARTS) is 1. The van der Waals surface area contributed by atoms with E-state index in [2.05, 4.69) is 29.6 Å². The zero-order valence-electron chi connectivity index (χ0n) is 18.0. The Hall–Kier alpha value is -2.94. The van der Waals surface area contributed by atoms with Crippen molar-refractivity contribution in [1.82, 2.24) is 5.32 Å². The number of nitrogens with one attached hydrogen (secondary N) is 1. The van der Waals surface area contributed by atoms with Crippen molar-refractivity contribution >= 4 is 12.1 Å². The van der Waals surface area contributed by atoms with E-state index in [-0.39, 0.29) is 19.1 Å². The topological polar surface area (TPSA) is 103 Å². The predicted molar refractivity (Wildman–Crippen MR) is 118 cm³/mol. The molecule has 0 heterocycles. The fraction of sp³-hybridized carbons (Fsp3) is 0.417. The standard InChI is InChI=1S/C24H29NO7/c26-23(27)17-31-15-14-30-13-12-29-11-5-10-25-24(28)32-16-22-20-8-3-1-6-18(20)19-7-2-4-9-21(19)22/h1-4,6-9,22H,5,10-17H2,(H,25,28)(H,26,27). The number of aliphatic carboxylic acids is 1. The molecule has 0 spiro atoms. The second-order valence-corrected chi connectivity index (χ2v) is 7.28. The van der Waals surface area contributed by atoms with Crippen molar-refractivity contribution in [3.63, 3.8) is 0 Å². The van der Waals surface area contributed by atoms with Crippen LogP contribution in [0.4, 0.5) is 4.79 Å². The average molecular weight is 443 g/mol. The second kappa shape index (κ2) is 12.8. The number of fused-ring (bicyclic) bond motifs is 3. The third-order valence-electron chi connectivity index (χ3n) is 5.05. The van der Waals surface area contributed by atoms with E-state index in [1.54, 1.807) is 0 Å². The first-order valence-corrected chi connectivity index (χ1v) is 10.7. The Kier molecular flexibility index (Phi) is 9.49. The Balaban J connectivity index is 1.24. The van der Waals surface area contributed by atoms with Crippen molar-refractivity contribution in [1.29, 1.82) is 0 Å². The van der Waals surface area contributed by atoms with E-state index in [4.69, 9.17) is 24.1 Å². The van der Waals surface area contributed by atoms with Gasteiger partial charge in [-0.05, 0) is 28.7 Å². The third kappa shape index (κ3) is 7.05. The van der Waals surface area contributed by atoms with Crippen molar-refractivity contribution in [3.8, 4) is 11.1 Å². The van der Waals surface area contributed by atoms with Crippen molar-refractivity contribution in [2.24, 2.45) is 0 Å². The lowest BCUT2D eigenvalue weighted by Gasteiger charge is -2.14. The molecule has 2 N–H and O–H groups in total. The highest BCUT2D eigenvalue weighted by Crippen LogP contribution is 2.44. The summed E-state index contributed by atoms with van der Waals surface area (Å²) in [6, 6.07) is 16.5. The van der Waals surface area contributed by atoms with Gasteiger partial charge in [0.25, 0.3) is 0 Å². The van der Waals surface area contributed by atoms with Crippen LogP contribution in [0.15, 0.2) is 48.5 Å². The zero-order valence-corrected chi connectivity index (χ0v) is 18.0. The highest BCUT2D eigenvalue weighted by atomic mass is 16.6. The van der Waals surface area contributed by atoms with Crippen LogP contribution in [0, 0.1) is 0 Å². The summed E-state index contributed by atoms with van der Waals surface area (Å²) in [4.78, 5) is 22.4. The monoisotopic (exact) mass is 443 g/mol. The lowest BCUT2D eigenvalue weighted by molar-refractivity contribution is -0.142. The molecule has 172 valence electrons. The van der Waals surface area contributed by atoms with Crippen molar-refractivity contribution < 1.29 is 33.6 Å². The van der Waals surface area contributed by atoms with Crippen LogP contribution in [0.1, 0.15) is 23.5 Å². The van der Waals surface area contributed by atoms with Gasteiger partial charge in [-0.25, -0.2) is 9.59 Å². The summed E-state index contributed by atoms with van der Waals surface area (Å²) in [5, 5.41) is 11.2. The van der Waals surface area contributed by atoms with Crippen LogP contribution in [0.25, 0.3) is 11.1 Å². The number of rotatable bonds is 14. The fourth-order valence-corrected chi connectivity index (χ4v) is 3.61. The van der Waals surface area contributed by atoms with E-state index in [9.17, 15) is 9.59 Å². The molecule has 0 bridgehead atoms. The molecule has 0 radical (unpaired) electrons. The van der Waals surface area contributed by atoms with Crippen LogP contribution in [0.3, 0.4) is 0 Å². The first-order chi connectivity index (χ1) is 15.7. The summed E-state index contributed by atoms with van der Waals surface area (Å²) in [7, 11) is 0. The summed E-state index contributed by atoms with van der Waals surface area (Å²) < 4.78 is 21.0. The Morgan fingerprint density at radius 2 is 1.38 bits per heavy atom. The van der Waals surface area contributed by atoms with Crippen molar-refractivity contribution in [2.45, 2.75) is 12.3 Å². The third-order valence-corrected chi connectivity index (χ3v) is 5.05. The molecule has 0 unspecified atom stereocenters. The second-order valence-electron chi connectivity index (χ2n) is 7.28. The molecular formula is C24H29NO7. The van der Waals surface area contributed by atoms with Crippen LogP contribution in [0.2, 0.25) is 0 Å². The first-order valence-electron chi connectivity index (χ1n) is 10.7. The molecule has 8 heteroatoms. The van der Waals surface area contributed by atoms with E-state index in [1.807, 2.05) is 24.3 Å². The van der Waals surface area contributed by atoms with E-state index in [1.165, 1.54) is 22.3 Å². The lowest BCUT2D eigenvalue weighted by Crippen LogP contribution is -2.27. The van der Waals surface area contributed by atoms with Crippen molar-refractivity contribution in [2.75, 3.05) is 52.8 Å². The minimum atomic E-state index is -1.000. The molecule has 1 aliphatic carbocycles. The summed E-state index contributed by atoms with van der Waals surface area (Å²) in [5.74, 6) is -0.953. The Labute approximate surface area is 187 Å². The maximum atomic E-state index is 12.1. The fourth-order valence-electron chi connectivity index (χ4n) is 3.61. The number of amides is 1. The molecular weight excluding hydrogens is 414 g/mol. The largest absolute Gasteiger partial charge is 0.480 e. The lowest BCUT2D eigenvalue weighted by atomic mass is 9.98. The molecule has 1 aliphatic rings. The van der Waals surface area contributed by atoms with Gasteiger partial charge in [-0.15, -0.1) is 0 Å². The molecule has 1 amide bonds. The van der Waals surface area contributed by atoms with Gasteiger partial charge in [-0.2, -0.15) is 0 Å². The average Bonchev–Trinajstić information content (AvgIpc) is 3.12. The molecule has 8 nitrogen and oxygen atoms in total. The van der Waals surface area contributed by atoms with Crippen LogP contribution in [0.5, 0.6) is 0 Å². The maximum absolute atomic E-state index is 12.1. The predicted octanol–water partition coefficient (Wildman–Crippen LogP) is 3.05. The summed E-state index contributed by atoms with van der Waals surface area (Å²) in [6.07, 6.45) is 0.225. The molecule has 0 saturated heterocycles. The number of ether oxygens (including phenoxy) is 4. The number of carbonyl (C=O) groups excluding carboxylic acids is 1. The Bertz CT molecular complexity index is 841. The number of hydrogen-bond acceptors (Lipinski definition) is 6. The minimum Gasteiger partial charge on any atom is -0.480 e. The molecule has 2 aromatic rings. The minimum absolute atomic E-state index is 0.0472. The summed E-state index contributed by atoms with van der Waals surface area (Å²) in [6.45, 7) is 2.29. The Morgan fingerprint density at radius 1 is 0.812 bits per heavy atom. The number of carboxylic acids is 1. The molecule has 2 aromatic carbocycles. The molecule has 0 fully saturated rings. The zero-order chi connectivity index (χ0) is 22.6. The van der Waals surface area contributed by atoms with E-state index in [0.717, 1.165) is 0 Å². The maximum Gasteiger partial charge on any atom is 0.407 e. The van der Waals surface area contributed by atoms with Gasteiger partial charge in [-0.3, -0.25) is 0 Å². The van der Waals surface area contributed by atoms with Crippen LogP contribution in [-0.4, -0.2) is 70.0 Å². The molecule has 0 atom stereocenters. The number of carbonyl (C=O) groups is 2. The van der Waals surface area contributed by atoms with Gasteiger partial charge >= 0.3 is 12.1 Å². The number of alkyl carbamates (subject to hydrolysis) is 1. The smallest absolute Gasteiger partial charge is 0.407 e. The van der Waals surface area contributed by atoms with Crippen LogP contribution >= 0.6 is 0 Å². The summed E-state index contributed by atoms with van der Waals surface area (Å²) in [5.41, 5.74) is 4.77. The van der Waals surface area contributed by atoms with Gasteiger partial charge < -0.3 is 29.4 Å². The van der Waals surface area contributed by atoms with E-state index >= 15 is 0 Å². The van der Waals surface area contributed by atoms with Gasteiger partial charge in [0, 0.05) is 19.1 Å². The van der Waals surface area contributed by atoms with Gasteiger partial charge in [0.15, 0.2) is 0 Å². The molecule has 32 heavy (non-hydrogen) atoms. The Morgan fingerprint density at radius 3 is 2.00 bits per heavy atom. The quantitative estimate of drug-likeness (QED) is 0.433. The highest BCUT2D eigenvalue weighted by Gasteiger charge is 2.28. The number of hydrogen-bond donors (Lipinski definition) is 2. The normalized spacial score (nSPS) is 12.2. The number of benzene rings is 2. The molecule has 0 saturated carbocycles. The van der Waals surface area contributed by atoms with Gasteiger partial charge in [-0.1, -0.05) is 48.5 Å².